The first kappa shape index (κ1) is 11.2. The average Bonchev–Trinajstić information content (AvgIpc) is 2.74. The molecule has 0 saturated heterocycles. The number of aliphatic hydroxyl groups is 1. The molecule has 1 aliphatic rings. The van der Waals surface area contributed by atoms with Crippen LogP contribution in [0.5, 0.6) is 11.5 Å². The van der Waals surface area contributed by atoms with E-state index in [0.717, 1.165) is 0 Å². The van der Waals surface area contributed by atoms with E-state index in [2.05, 4.69) is 0 Å². The van der Waals surface area contributed by atoms with E-state index in [9.17, 15) is 4.39 Å². The van der Waals surface area contributed by atoms with Gasteiger partial charge in [0.25, 0.3) is 0 Å². The van der Waals surface area contributed by atoms with Gasteiger partial charge in [-0.15, -0.1) is 0 Å². The lowest BCUT2D eigenvalue weighted by molar-refractivity contribution is 0.172. The van der Waals surface area contributed by atoms with Crippen LogP contribution in [0.4, 0.5) is 4.39 Å². The summed E-state index contributed by atoms with van der Waals surface area (Å²) in [5, 5.41) is 9.03. The van der Waals surface area contributed by atoms with Gasteiger partial charge >= 0.3 is 0 Å². The van der Waals surface area contributed by atoms with Crippen molar-refractivity contribution in [3.63, 3.8) is 0 Å². The fourth-order valence-electron chi connectivity index (χ4n) is 1.66. The number of rotatable bonds is 3. The van der Waals surface area contributed by atoms with Crippen LogP contribution in [0.2, 0.25) is 0 Å². The molecule has 3 N–H and O–H groups in total. The molecule has 0 amide bonds. The van der Waals surface area contributed by atoms with Crippen molar-refractivity contribution in [1.82, 2.24) is 0 Å². The predicted molar refractivity (Wildman–Crippen MR) is 56.1 cm³/mol. The Morgan fingerprint density at radius 3 is 2.88 bits per heavy atom. The summed E-state index contributed by atoms with van der Waals surface area (Å²) in [4.78, 5) is 0. The molecule has 4 nitrogen and oxygen atoms in total. The van der Waals surface area contributed by atoms with Gasteiger partial charge in [0.15, 0.2) is 11.5 Å². The Hall–Kier alpha value is -1.33. The van der Waals surface area contributed by atoms with E-state index in [4.69, 9.17) is 20.3 Å². The molecule has 0 radical (unpaired) electrons. The SMILES string of the molecule is CC(F)c1cc2c(c(C(N)CO)c1)OCO2. The number of hydrogen-bond donors (Lipinski definition) is 2. The molecular formula is C11H14FNO3. The number of halogens is 1. The van der Waals surface area contributed by atoms with Gasteiger partial charge in [0.1, 0.15) is 6.17 Å². The Kier molecular flexibility index (Phi) is 2.98. The van der Waals surface area contributed by atoms with E-state index in [1.807, 2.05) is 0 Å². The van der Waals surface area contributed by atoms with Crippen LogP contribution < -0.4 is 15.2 Å². The highest BCUT2D eigenvalue weighted by molar-refractivity contribution is 5.52. The van der Waals surface area contributed by atoms with Crippen LogP contribution >= 0.6 is 0 Å². The summed E-state index contributed by atoms with van der Waals surface area (Å²) in [7, 11) is 0. The Bertz CT molecular complexity index is 395. The summed E-state index contributed by atoms with van der Waals surface area (Å²) in [5.74, 6) is 0.992. The smallest absolute Gasteiger partial charge is 0.231 e. The highest BCUT2D eigenvalue weighted by Crippen LogP contribution is 2.40. The van der Waals surface area contributed by atoms with Gasteiger partial charge in [-0.1, -0.05) is 0 Å². The van der Waals surface area contributed by atoms with Crippen molar-refractivity contribution in [1.29, 1.82) is 0 Å². The van der Waals surface area contributed by atoms with Crippen molar-refractivity contribution in [2.75, 3.05) is 13.4 Å². The number of aliphatic hydroxyl groups excluding tert-OH is 1. The maximum Gasteiger partial charge on any atom is 0.231 e. The minimum Gasteiger partial charge on any atom is -0.454 e. The molecule has 2 unspecified atom stereocenters. The lowest BCUT2D eigenvalue weighted by atomic mass is 10.0. The maximum atomic E-state index is 13.2. The molecule has 2 atom stereocenters. The standard InChI is InChI=1S/C11H14FNO3/c1-6(12)7-2-8(9(13)4-14)11-10(3-7)15-5-16-11/h2-3,6,9,14H,4-5,13H2,1H3. The molecule has 0 aliphatic carbocycles. The second-order valence-electron chi connectivity index (χ2n) is 3.75. The van der Waals surface area contributed by atoms with E-state index in [0.29, 0.717) is 22.6 Å². The highest BCUT2D eigenvalue weighted by Gasteiger charge is 2.23. The second-order valence-corrected chi connectivity index (χ2v) is 3.75. The number of fused-ring (bicyclic) bond motifs is 1. The van der Waals surface area contributed by atoms with Crippen LogP contribution in [0.25, 0.3) is 0 Å². The van der Waals surface area contributed by atoms with Gasteiger partial charge in [-0.2, -0.15) is 0 Å². The van der Waals surface area contributed by atoms with Crippen molar-refractivity contribution in [2.45, 2.75) is 19.1 Å². The lowest BCUT2D eigenvalue weighted by Crippen LogP contribution is -2.15. The number of nitrogens with two attached hydrogens (primary N) is 1. The molecule has 0 saturated carbocycles. The van der Waals surface area contributed by atoms with Crippen molar-refractivity contribution in [2.24, 2.45) is 5.73 Å². The minimum atomic E-state index is -1.11. The minimum absolute atomic E-state index is 0.102. The first-order valence-electron chi connectivity index (χ1n) is 5.07. The van der Waals surface area contributed by atoms with Gasteiger partial charge < -0.3 is 20.3 Å². The third-order valence-electron chi connectivity index (χ3n) is 2.58. The third kappa shape index (κ3) is 1.83. The Balaban J connectivity index is 2.49. The Morgan fingerprint density at radius 2 is 2.25 bits per heavy atom. The Labute approximate surface area is 92.8 Å². The van der Waals surface area contributed by atoms with Crippen molar-refractivity contribution in [3.05, 3.63) is 23.3 Å². The molecule has 2 rings (SSSR count). The van der Waals surface area contributed by atoms with Gasteiger partial charge in [-0.25, -0.2) is 4.39 Å². The van der Waals surface area contributed by atoms with Crippen molar-refractivity contribution >= 4 is 0 Å². The van der Waals surface area contributed by atoms with Gasteiger partial charge in [0.05, 0.1) is 12.6 Å². The molecule has 16 heavy (non-hydrogen) atoms. The quantitative estimate of drug-likeness (QED) is 0.820. The summed E-state index contributed by atoms with van der Waals surface area (Å²) < 4.78 is 23.7. The molecule has 0 spiro atoms. The van der Waals surface area contributed by atoms with Crippen LogP contribution in [0.15, 0.2) is 12.1 Å². The fraction of sp³-hybridized carbons (Fsp3) is 0.455. The summed E-state index contributed by atoms with van der Waals surface area (Å²) in [5.41, 5.74) is 6.78. The molecule has 1 heterocycles. The zero-order chi connectivity index (χ0) is 11.7. The first-order valence-corrected chi connectivity index (χ1v) is 5.07. The normalized spacial score (nSPS) is 17.2. The molecular weight excluding hydrogens is 213 g/mol. The summed E-state index contributed by atoms with van der Waals surface area (Å²) in [6.07, 6.45) is -1.11. The maximum absolute atomic E-state index is 13.2. The zero-order valence-corrected chi connectivity index (χ0v) is 8.94. The van der Waals surface area contributed by atoms with E-state index in [-0.39, 0.29) is 13.4 Å². The summed E-state index contributed by atoms with van der Waals surface area (Å²) in [6, 6.07) is 2.62. The molecule has 1 aromatic rings. The molecule has 0 fully saturated rings. The topological polar surface area (TPSA) is 64.7 Å². The van der Waals surface area contributed by atoms with E-state index in [1.54, 1.807) is 12.1 Å². The van der Waals surface area contributed by atoms with Crippen LogP contribution in [0.1, 0.15) is 30.3 Å². The largest absolute Gasteiger partial charge is 0.454 e. The first-order chi connectivity index (χ1) is 7.63. The molecule has 1 aliphatic heterocycles. The molecule has 1 aromatic carbocycles. The fourth-order valence-corrected chi connectivity index (χ4v) is 1.66. The third-order valence-corrected chi connectivity index (χ3v) is 2.58. The number of ether oxygens (including phenoxy) is 2. The van der Waals surface area contributed by atoms with E-state index in [1.165, 1.54) is 6.92 Å². The Morgan fingerprint density at radius 1 is 1.50 bits per heavy atom. The van der Waals surface area contributed by atoms with Crippen LogP contribution in [-0.2, 0) is 0 Å². The molecule has 5 heteroatoms. The summed E-state index contributed by atoms with van der Waals surface area (Å²) >= 11 is 0. The lowest BCUT2D eigenvalue weighted by Gasteiger charge is -2.14. The average molecular weight is 227 g/mol. The van der Waals surface area contributed by atoms with Crippen LogP contribution in [-0.4, -0.2) is 18.5 Å². The predicted octanol–water partition coefficient (Wildman–Crippen LogP) is 1.44. The molecule has 0 bridgehead atoms. The van der Waals surface area contributed by atoms with E-state index < -0.39 is 12.2 Å². The van der Waals surface area contributed by atoms with Crippen molar-refractivity contribution < 1.29 is 19.0 Å². The van der Waals surface area contributed by atoms with E-state index >= 15 is 0 Å². The van der Waals surface area contributed by atoms with Crippen molar-refractivity contribution in [3.8, 4) is 11.5 Å². The molecule has 0 aromatic heterocycles. The highest BCUT2D eigenvalue weighted by atomic mass is 19.1. The monoisotopic (exact) mass is 227 g/mol. The van der Waals surface area contributed by atoms with Gasteiger partial charge in [0, 0.05) is 5.56 Å². The number of alkyl halides is 1. The van der Waals surface area contributed by atoms with Crippen LogP contribution in [0, 0.1) is 0 Å². The van der Waals surface area contributed by atoms with Gasteiger partial charge in [0.2, 0.25) is 6.79 Å². The zero-order valence-electron chi connectivity index (χ0n) is 8.94. The number of benzene rings is 1. The second kappa shape index (κ2) is 4.27. The molecule has 88 valence electrons. The number of hydrogen-bond acceptors (Lipinski definition) is 4. The van der Waals surface area contributed by atoms with Gasteiger partial charge in [-0.05, 0) is 24.6 Å². The van der Waals surface area contributed by atoms with Crippen LogP contribution in [0.3, 0.4) is 0 Å². The van der Waals surface area contributed by atoms with Gasteiger partial charge in [-0.3, -0.25) is 0 Å². The summed E-state index contributed by atoms with van der Waals surface area (Å²) in [6.45, 7) is 1.32.